The lowest BCUT2D eigenvalue weighted by Gasteiger charge is -2.08. The molecule has 0 fully saturated rings. The summed E-state index contributed by atoms with van der Waals surface area (Å²) in [4.78, 5) is 15.9. The molecule has 5 heteroatoms. The predicted molar refractivity (Wildman–Crippen MR) is 74.7 cm³/mol. The number of carbonyl (C=O) groups excluding carboxylic acids is 1. The Morgan fingerprint density at radius 3 is 2.95 bits per heavy atom. The maximum Gasteiger partial charge on any atom is 0.234 e. The Morgan fingerprint density at radius 2 is 2.21 bits per heavy atom. The molecular formula is C14H13FN2OS. The highest BCUT2D eigenvalue weighted by Gasteiger charge is 2.07. The molecule has 98 valence electrons. The number of thioether (sulfide) groups is 1. The molecule has 1 aromatic heterocycles. The van der Waals surface area contributed by atoms with Crippen LogP contribution in [0.4, 0.5) is 10.1 Å². The Labute approximate surface area is 115 Å². The monoisotopic (exact) mass is 276 g/mol. The summed E-state index contributed by atoms with van der Waals surface area (Å²) in [5, 5.41) is 3.48. The zero-order valence-electron chi connectivity index (χ0n) is 10.4. The van der Waals surface area contributed by atoms with Gasteiger partial charge in [0, 0.05) is 11.9 Å². The van der Waals surface area contributed by atoms with Gasteiger partial charge in [-0.1, -0.05) is 23.9 Å². The number of carbonyl (C=O) groups is 1. The van der Waals surface area contributed by atoms with Gasteiger partial charge in [0.15, 0.2) is 0 Å². The van der Waals surface area contributed by atoms with Crippen molar-refractivity contribution >= 4 is 23.4 Å². The van der Waals surface area contributed by atoms with E-state index in [0.717, 1.165) is 10.6 Å². The van der Waals surface area contributed by atoms with Crippen molar-refractivity contribution < 1.29 is 9.18 Å². The maximum absolute atomic E-state index is 13.1. The molecule has 0 saturated carbocycles. The second kappa shape index (κ2) is 6.33. The topological polar surface area (TPSA) is 42.0 Å². The zero-order valence-corrected chi connectivity index (χ0v) is 11.2. The van der Waals surface area contributed by atoms with E-state index in [-0.39, 0.29) is 17.5 Å². The summed E-state index contributed by atoms with van der Waals surface area (Å²) in [6.45, 7) is 1.82. The fraction of sp³-hybridized carbons (Fsp3) is 0.143. The summed E-state index contributed by atoms with van der Waals surface area (Å²) in [5.74, 6) is -0.296. The van der Waals surface area contributed by atoms with Gasteiger partial charge in [-0.05, 0) is 36.8 Å². The molecule has 2 rings (SSSR count). The largest absolute Gasteiger partial charge is 0.325 e. The lowest BCUT2D eigenvalue weighted by atomic mass is 10.2. The number of hydrogen-bond acceptors (Lipinski definition) is 3. The first-order chi connectivity index (χ1) is 9.15. The molecule has 19 heavy (non-hydrogen) atoms. The third-order valence-corrected chi connectivity index (χ3v) is 3.41. The van der Waals surface area contributed by atoms with Crippen LogP contribution in [0.1, 0.15) is 5.56 Å². The molecule has 0 aliphatic heterocycles. The first kappa shape index (κ1) is 13.5. The molecule has 1 N–H and O–H groups in total. The Hall–Kier alpha value is -1.88. The van der Waals surface area contributed by atoms with Crippen molar-refractivity contribution in [3.05, 3.63) is 54.0 Å². The van der Waals surface area contributed by atoms with Gasteiger partial charge in [0.05, 0.1) is 10.8 Å². The van der Waals surface area contributed by atoms with Crippen LogP contribution in [0, 0.1) is 12.7 Å². The molecule has 0 radical (unpaired) electrons. The Morgan fingerprint density at radius 1 is 1.37 bits per heavy atom. The molecule has 2 aromatic rings. The second-order valence-electron chi connectivity index (χ2n) is 3.96. The maximum atomic E-state index is 13.1. The normalized spacial score (nSPS) is 10.2. The van der Waals surface area contributed by atoms with E-state index >= 15 is 0 Å². The number of nitrogens with one attached hydrogen (secondary N) is 1. The Balaban J connectivity index is 1.93. The van der Waals surface area contributed by atoms with Gasteiger partial charge in [0.25, 0.3) is 0 Å². The molecule has 0 aliphatic carbocycles. The van der Waals surface area contributed by atoms with Crippen LogP contribution in [-0.2, 0) is 4.79 Å². The van der Waals surface area contributed by atoms with Gasteiger partial charge in [0.1, 0.15) is 5.82 Å². The molecule has 3 nitrogen and oxygen atoms in total. The summed E-state index contributed by atoms with van der Waals surface area (Å²) in [5.41, 5.74) is 1.34. The summed E-state index contributed by atoms with van der Waals surface area (Å²) in [6.07, 6.45) is 1.68. The first-order valence-electron chi connectivity index (χ1n) is 5.75. The van der Waals surface area contributed by atoms with Crippen LogP contribution in [0.5, 0.6) is 0 Å². The molecule has 0 atom stereocenters. The highest BCUT2D eigenvalue weighted by molar-refractivity contribution is 7.99. The van der Waals surface area contributed by atoms with Gasteiger partial charge < -0.3 is 5.32 Å². The smallest absolute Gasteiger partial charge is 0.234 e. The number of nitrogens with zero attached hydrogens (tertiary/aromatic N) is 1. The van der Waals surface area contributed by atoms with Crippen molar-refractivity contribution in [2.24, 2.45) is 0 Å². The average molecular weight is 276 g/mol. The highest BCUT2D eigenvalue weighted by atomic mass is 32.2. The SMILES string of the molecule is Cc1ccc(F)cc1NC(=O)CSc1ccccn1. The van der Waals surface area contributed by atoms with E-state index in [1.165, 1.54) is 23.9 Å². The molecule has 0 unspecified atom stereocenters. The van der Waals surface area contributed by atoms with Crippen molar-refractivity contribution in [3.8, 4) is 0 Å². The fourth-order valence-corrected chi connectivity index (χ4v) is 2.15. The number of aryl methyl sites for hydroxylation is 1. The van der Waals surface area contributed by atoms with Gasteiger partial charge >= 0.3 is 0 Å². The van der Waals surface area contributed by atoms with Crippen LogP contribution in [-0.4, -0.2) is 16.6 Å². The lowest BCUT2D eigenvalue weighted by molar-refractivity contribution is -0.113. The molecule has 0 bridgehead atoms. The van der Waals surface area contributed by atoms with Gasteiger partial charge in [-0.25, -0.2) is 9.37 Å². The molecule has 1 amide bonds. The van der Waals surface area contributed by atoms with Crippen molar-refractivity contribution in [1.29, 1.82) is 0 Å². The number of hydrogen-bond donors (Lipinski definition) is 1. The summed E-state index contributed by atoms with van der Waals surface area (Å²) >= 11 is 1.34. The molecule has 1 heterocycles. The molecule has 1 aromatic carbocycles. The van der Waals surface area contributed by atoms with Gasteiger partial charge in [-0.3, -0.25) is 4.79 Å². The van der Waals surface area contributed by atoms with Gasteiger partial charge in [-0.15, -0.1) is 0 Å². The highest BCUT2D eigenvalue weighted by Crippen LogP contribution is 2.18. The van der Waals surface area contributed by atoms with Crippen molar-refractivity contribution in [2.75, 3.05) is 11.1 Å². The molecular weight excluding hydrogens is 263 g/mol. The van der Waals surface area contributed by atoms with Crippen LogP contribution >= 0.6 is 11.8 Å². The number of pyridine rings is 1. The summed E-state index contributed by atoms with van der Waals surface area (Å²) < 4.78 is 13.1. The van der Waals surface area contributed by atoms with Crippen LogP contribution in [0.3, 0.4) is 0 Å². The Bertz CT molecular complexity index is 575. The van der Waals surface area contributed by atoms with Crippen molar-refractivity contribution in [3.63, 3.8) is 0 Å². The molecule has 0 saturated heterocycles. The number of aromatic nitrogens is 1. The van der Waals surface area contributed by atoms with E-state index in [1.807, 2.05) is 25.1 Å². The minimum atomic E-state index is -0.363. The van der Waals surface area contributed by atoms with E-state index in [0.29, 0.717) is 5.69 Å². The predicted octanol–water partition coefficient (Wildman–Crippen LogP) is 3.26. The number of rotatable bonds is 4. The van der Waals surface area contributed by atoms with E-state index < -0.39 is 0 Å². The lowest BCUT2D eigenvalue weighted by Crippen LogP contribution is -2.15. The quantitative estimate of drug-likeness (QED) is 0.872. The van der Waals surface area contributed by atoms with Crippen molar-refractivity contribution in [2.45, 2.75) is 11.9 Å². The Kier molecular flexibility index (Phi) is 4.52. The van der Waals surface area contributed by atoms with Gasteiger partial charge in [-0.2, -0.15) is 0 Å². The summed E-state index contributed by atoms with van der Waals surface area (Å²) in [6, 6.07) is 9.85. The van der Waals surface area contributed by atoms with E-state index in [4.69, 9.17) is 0 Å². The second-order valence-corrected chi connectivity index (χ2v) is 4.96. The first-order valence-corrected chi connectivity index (χ1v) is 6.73. The molecule has 0 spiro atoms. The zero-order chi connectivity index (χ0) is 13.7. The average Bonchev–Trinajstić information content (AvgIpc) is 2.42. The third kappa shape index (κ3) is 4.06. The van der Waals surface area contributed by atoms with Gasteiger partial charge in [0.2, 0.25) is 5.91 Å². The third-order valence-electron chi connectivity index (χ3n) is 2.46. The van der Waals surface area contributed by atoms with E-state index in [9.17, 15) is 9.18 Å². The van der Waals surface area contributed by atoms with Crippen molar-refractivity contribution in [1.82, 2.24) is 4.98 Å². The minimum Gasteiger partial charge on any atom is -0.325 e. The number of benzene rings is 1. The van der Waals surface area contributed by atoms with Crippen LogP contribution in [0.2, 0.25) is 0 Å². The number of amides is 1. The van der Waals surface area contributed by atoms with Crippen LogP contribution in [0.15, 0.2) is 47.6 Å². The van der Waals surface area contributed by atoms with E-state index in [2.05, 4.69) is 10.3 Å². The van der Waals surface area contributed by atoms with Crippen LogP contribution in [0.25, 0.3) is 0 Å². The minimum absolute atomic E-state index is 0.177. The standard InChI is InChI=1S/C14H13FN2OS/c1-10-5-6-11(15)8-12(10)17-13(18)9-19-14-4-2-3-7-16-14/h2-8H,9H2,1H3,(H,17,18). The number of anilines is 1. The fourth-order valence-electron chi connectivity index (χ4n) is 1.49. The molecule has 0 aliphatic rings. The number of halogens is 1. The van der Waals surface area contributed by atoms with E-state index in [1.54, 1.807) is 12.3 Å². The summed E-state index contributed by atoms with van der Waals surface area (Å²) in [7, 11) is 0. The van der Waals surface area contributed by atoms with Crippen LogP contribution < -0.4 is 5.32 Å².